The molecule has 0 aromatic carbocycles. The topological polar surface area (TPSA) is 553 Å². The molecule has 3 fully saturated rings. The number of hydrogen-bond acceptors (Lipinski definition) is 29. The predicted molar refractivity (Wildman–Crippen MR) is 241 cm³/mol. The summed E-state index contributed by atoms with van der Waals surface area (Å²) in [5.74, 6) is -0.734. The summed E-state index contributed by atoms with van der Waals surface area (Å²) in [6, 6.07) is 0. The molecular weight excluding hydrogens is 1110 g/mol. The maximum absolute atomic E-state index is 13.5. The number of phosphoric ester groups is 2. The number of imidazole rings is 3. The van der Waals surface area contributed by atoms with Crippen LogP contribution in [-0.2, 0) is 66.2 Å². The lowest BCUT2D eigenvalue weighted by molar-refractivity contribution is -0.646. The lowest BCUT2D eigenvalue weighted by Crippen LogP contribution is -2.36. The smallest absolute Gasteiger partial charge is 0.387 e. The molecule has 43 heteroatoms. The summed E-state index contributed by atoms with van der Waals surface area (Å²) < 4.78 is 103. The van der Waals surface area contributed by atoms with Crippen molar-refractivity contribution in [3.05, 3.63) is 46.0 Å². The third-order valence-corrected chi connectivity index (χ3v) is 17.5. The number of nitrogens with zero attached hydrogens (tertiary/aromatic N) is 10. The summed E-state index contributed by atoms with van der Waals surface area (Å²) in [6.45, 7) is -8.60. The van der Waals surface area contributed by atoms with Crippen molar-refractivity contribution in [2.75, 3.05) is 37.0 Å². The second kappa shape index (κ2) is 20.0. The van der Waals surface area contributed by atoms with Crippen LogP contribution in [0.5, 0.6) is 0 Å². The van der Waals surface area contributed by atoms with Crippen LogP contribution in [-0.4, -0.2) is 169 Å². The molecule has 0 bridgehead atoms. The van der Waals surface area contributed by atoms with Gasteiger partial charge in [-0.05, 0) is 0 Å². The first-order chi connectivity index (χ1) is 34.6. The molecule has 16 N–H and O–H groups in total. The Hall–Kier alpha value is -4.76. The molecule has 0 radical (unpaired) electrons. The summed E-state index contributed by atoms with van der Waals surface area (Å²) in [4.78, 5) is 84.8. The fraction of sp³-hybridized carbons (Fsp3) is 0.516. The van der Waals surface area contributed by atoms with Crippen LogP contribution < -0.4 is 32.9 Å². The van der Waals surface area contributed by atoms with Gasteiger partial charge >= 0.3 is 35.8 Å². The average Bonchev–Trinajstić information content (AvgIpc) is 4.15. The number of ether oxygens (including phenoxy) is 3. The number of nitrogens with two attached hydrogens (primary N) is 3. The summed E-state index contributed by atoms with van der Waals surface area (Å²) in [5.41, 5.74) is 15.3. The van der Waals surface area contributed by atoms with E-state index in [0.717, 1.165) is 32.7 Å². The van der Waals surface area contributed by atoms with Crippen LogP contribution in [0.3, 0.4) is 0 Å². The molecule has 38 nitrogen and oxygen atoms in total. The van der Waals surface area contributed by atoms with Crippen LogP contribution >= 0.6 is 42.5 Å². The lowest BCUT2D eigenvalue weighted by Gasteiger charge is -2.25. The van der Waals surface area contributed by atoms with Gasteiger partial charge in [0.05, 0.1) is 39.5 Å². The summed E-state index contributed by atoms with van der Waals surface area (Å²) >= 11 is 3.61. The molecule has 3 saturated heterocycles. The quantitative estimate of drug-likeness (QED) is 0.0219. The molecule has 0 aliphatic carbocycles. The number of aliphatic hydroxyl groups excluding tert-OH is 5. The van der Waals surface area contributed by atoms with E-state index in [-0.39, 0.29) is 51.2 Å². The Morgan fingerprint density at radius 2 is 1.18 bits per heavy atom. The van der Waals surface area contributed by atoms with Crippen molar-refractivity contribution >= 4 is 93.7 Å². The van der Waals surface area contributed by atoms with E-state index >= 15 is 0 Å². The van der Waals surface area contributed by atoms with Crippen LogP contribution in [0.15, 0.2) is 34.9 Å². The number of rotatable bonds is 18. The molecule has 3 aliphatic rings. The molecule has 0 amide bonds. The van der Waals surface area contributed by atoms with Gasteiger partial charge in [-0.2, -0.15) is 23.2 Å². The zero-order valence-electron chi connectivity index (χ0n) is 37.0. The SMILES string of the molecule is C[n+]1cn([C@@H]2O[C@H](COP(=O)(O)OP(=O)(O)O[P@](=O)(S)OC[C@H]3O[C@@H](n4cnc5c(N)ncnc54)[C@@H](O)C3OP(=O)(O)OC[C@H]3O[C@@H](n4cnc5c(=O)[nH]c(N)nc54)[C@@H](O)C3O)C(O)[C@@H]2O)c2nc(N)[nH]c(=O)c21. The van der Waals surface area contributed by atoms with Crippen LogP contribution in [0.2, 0.25) is 0 Å². The van der Waals surface area contributed by atoms with E-state index < -0.39 is 135 Å². The minimum atomic E-state index is -6.05. The molecule has 0 saturated carbocycles. The van der Waals surface area contributed by atoms with Gasteiger partial charge in [0.15, 0.2) is 35.1 Å². The summed E-state index contributed by atoms with van der Waals surface area (Å²) in [7, 11) is -15.8. The van der Waals surface area contributed by atoms with Crippen molar-refractivity contribution in [2.24, 2.45) is 7.05 Å². The minimum absolute atomic E-state index is 0.00936. The number of hydrogen-bond donors (Lipinski definition) is 14. The summed E-state index contributed by atoms with van der Waals surface area (Å²) in [6.07, 6.45) is -16.7. The Balaban J connectivity index is 0.850. The van der Waals surface area contributed by atoms with Crippen LogP contribution in [0.25, 0.3) is 33.5 Å². The van der Waals surface area contributed by atoms with Gasteiger partial charge in [0.25, 0.3) is 16.7 Å². The molecule has 404 valence electrons. The van der Waals surface area contributed by atoms with Gasteiger partial charge in [0, 0.05) is 0 Å². The molecule has 6 unspecified atom stereocenters. The van der Waals surface area contributed by atoms with E-state index in [2.05, 4.69) is 60.7 Å². The number of nitrogens with one attached hydrogen (secondary N) is 2. The van der Waals surface area contributed by atoms with Gasteiger partial charge in [-0.25, -0.2) is 42.8 Å². The third kappa shape index (κ3) is 10.7. The molecule has 9 heterocycles. The molecule has 16 atom stereocenters. The molecule has 9 rings (SSSR count). The second-order valence-electron chi connectivity index (χ2n) is 16.3. The zero-order valence-corrected chi connectivity index (χ0v) is 41.5. The number of aromatic amines is 2. The molecule has 0 spiro atoms. The molecule has 3 aliphatic heterocycles. The highest BCUT2D eigenvalue weighted by Crippen LogP contribution is 2.71. The van der Waals surface area contributed by atoms with Gasteiger partial charge in [0.2, 0.25) is 24.5 Å². The molecule has 74 heavy (non-hydrogen) atoms. The fourth-order valence-electron chi connectivity index (χ4n) is 8.06. The van der Waals surface area contributed by atoms with Crippen molar-refractivity contribution in [3.63, 3.8) is 0 Å². The lowest BCUT2D eigenvalue weighted by atomic mass is 10.1. The van der Waals surface area contributed by atoms with Crippen molar-refractivity contribution in [1.82, 2.24) is 53.6 Å². The van der Waals surface area contributed by atoms with E-state index in [1.807, 2.05) is 0 Å². The number of phosphoric acid groups is 3. The standard InChI is InChI=1S/C31H41N15O23P4S/c1-43-8-46(24-14(43)26(53)42-31(34)40-24)28-18(50)16(48)10(65-28)3-62-71(56,57)68-72(58,59)69-73(60,74)63-4-11-20(19(51)29(66-11)44-6-37-12-21(32)35-5-36-22(12)44)67-70(54,55)61-2-9-15(47)17(49)27(64-9)45-7-38-13-23(45)39-30(33)41-25(13)52/h5-11,15-20,27-29,47-51H,2-4H2,1H3,(H11-,32,33,34,35,36,39,40,41,42,52,53,54,55,56,57,58,59,60,74)/p+1/t9-,10-,11-,15?,16?,17+,18+,19+,20?,27-,28-,29-,73-/m1/s1. The van der Waals surface area contributed by atoms with Crippen molar-refractivity contribution in [2.45, 2.75) is 73.6 Å². The number of H-pyrrole nitrogens is 2. The maximum atomic E-state index is 13.5. The number of thiol groups is 1. The predicted octanol–water partition coefficient (Wildman–Crippen LogP) is -4.43. The maximum Gasteiger partial charge on any atom is 0.488 e. The van der Waals surface area contributed by atoms with E-state index in [0.29, 0.717) is 0 Å². The van der Waals surface area contributed by atoms with Crippen LogP contribution in [0.4, 0.5) is 17.7 Å². The molecule has 6 aromatic rings. The first kappa shape index (κ1) is 54.0. The Bertz CT molecular complexity index is 3450. The van der Waals surface area contributed by atoms with Gasteiger partial charge in [-0.3, -0.25) is 46.8 Å². The Morgan fingerprint density at radius 1 is 0.649 bits per heavy atom. The molecule has 6 aromatic heterocycles. The average molecular weight is 1150 g/mol. The van der Waals surface area contributed by atoms with Gasteiger partial charge in [-0.15, -0.1) is 0 Å². The van der Waals surface area contributed by atoms with E-state index in [4.69, 9.17) is 49.5 Å². The number of aryl methyl sites for hydroxylation is 1. The van der Waals surface area contributed by atoms with E-state index in [1.54, 1.807) is 0 Å². The van der Waals surface area contributed by atoms with E-state index in [1.165, 1.54) is 17.9 Å². The Labute approximate surface area is 414 Å². The summed E-state index contributed by atoms with van der Waals surface area (Å²) in [5, 5.41) is 54.6. The Kier molecular flexibility index (Phi) is 14.6. The van der Waals surface area contributed by atoms with E-state index in [9.17, 15) is 68.1 Å². The van der Waals surface area contributed by atoms with Gasteiger partial charge < -0.3 is 71.6 Å². The zero-order chi connectivity index (χ0) is 53.6. The number of anilines is 3. The number of fused-ring (bicyclic) bond motifs is 3. The van der Waals surface area contributed by atoms with Crippen LogP contribution in [0.1, 0.15) is 18.7 Å². The first-order valence-electron chi connectivity index (χ1n) is 20.8. The highest BCUT2D eigenvalue weighted by atomic mass is 32.7. The fourth-order valence-corrected chi connectivity index (χ4v) is 13.6. The van der Waals surface area contributed by atoms with Crippen LogP contribution in [0, 0.1) is 0 Å². The Morgan fingerprint density at radius 3 is 1.82 bits per heavy atom. The largest absolute Gasteiger partial charge is 0.488 e. The van der Waals surface area contributed by atoms with Crippen molar-refractivity contribution < 1.29 is 104 Å². The van der Waals surface area contributed by atoms with Gasteiger partial charge in [-0.1, -0.05) is 12.2 Å². The normalized spacial score (nSPS) is 30.7. The second-order valence-corrected chi connectivity index (χ2v) is 23.8. The minimum Gasteiger partial charge on any atom is -0.387 e. The number of aliphatic hydroxyl groups is 5. The third-order valence-electron chi connectivity index (χ3n) is 11.3. The highest BCUT2D eigenvalue weighted by molar-refractivity contribution is 8.45. The van der Waals surface area contributed by atoms with Crippen molar-refractivity contribution in [1.29, 1.82) is 0 Å². The molecular formula is C31H42N15O23P4S+. The number of nitrogen functional groups attached to an aromatic ring is 3. The van der Waals surface area contributed by atoms with Gasteiger partial charge in [0.1, 0.15) is 66.8 Å². The monoisotopic (exact) mass is 1150 g/mol. The highest BCUT2D eigenvalue weighted by Gasteiger charge is 2.53. The number of aromatic nitrogens is 12. The van der Waals surface area contributed by atoms with Crippen molar-refractivity contribution in [3.8, 4) is 0 Å². The first-order valence-corrected chi connectivity index (χ1v) is 27.9.